The molecule has 0 spiro atoms. The quantitative estimate of drug-likeness (QED) is 0.549. The van der Waals surface area contributed by atoms with Crippen LogP contribution in [-0.4, -0.2) is 32.4 Å². The van der Waals surface area contributed by atoms with Crippen molar-refractivity contribution >= 4 is 33.3 Å². The first kappa shape index (κ1) is 16.9. The number of anilines is 1. The maximum absolute atomic E-state index is 12.6. The van der Waals surface area contributed by atoms with E-state index < -0.39 is 16.0 Å². The molecule has 0 unspecified atom stereocenters. The summed E-state index contributed by atoms with van der Waals surface area (Å²) in [5.74, 6) is 0.127. The number of hydrogen-bond donors (Lipinski definition) is 0. The number of nitrogens with zero attached hydrogens (tertiary/aromatic N) is 2. The Morgan fingerprint density at radius 1 is 1.38 bits per heavy atom. The number of ether oxygens (including phenoxy) is 1. The molecule has 1 aliphatic carbocycles. The van der Waals surface area contributed by atoms with Crippen molar-refractivity contribution in [3.05, 3.63) is 47.3 Å². The molecule has 1 aliphatic rings. The Balaban J connectivity index is 1.81. The summed E-state index contributed by atoms with van der Waals surface area (Å²) in [7, 11) is -2.52. The van der Waals surface area contributed by atoms with Gasteiger partial charge in [0.1, 0.15) is 0 Å². The molecule has 0 saturated heterocycles. The third-order valence-corrected chi connectivity index (χ3v) is 5.69. The minimum absolute atomic E-state index is 0.217. The number of ketones is 1. The molecule has 2 aromatic rings. The SMILES string of the molecule is COCS(=O)(=O)N(Cl)c1ccc(C(=O)c2cnoc2C2CC2)cc1. The van der Waals surface area contributed by atoms with Crippen LogP contribution in [0.4, 0.5) is 5.69 Å². The van der Waals surface area contributed by atoms with Crippen molar-refractivity contribution in [1.82, 2.24) is 5.16 Å². The van der Waals surface area contributed by atoms with Gasteiger partial charge in [0.25, 0.3) is 10.0 Å². The average molecular weight is 371 g/mol. The summed E-state index contributed by atoms with van der Waals surface area (Å²) in [6.07, 6.45) is 3.40. The number of carbonyl (C=O) groups is 1. The highest BCUT2D eigenvalue weighted by atomic mass is 35.5. The lowest BCUT2D eigenvalue weighted by Gasteiger charge is -2.15. The van der Waals surface area contributed by atoms with Gasteiger partial charge in [0.05, 0.1) is 17.4 Å². The lowest BCUT2D eigenvalue weighted by Crippen LogP contribution is -2.25. The second-order valence-electron chi connectivity index (χ2n) is 5.49. The van der Waals surface area contributed by atoms with Gasteiger partial charge in [-0.15, -0.1) is 0 Å². The van der Waals surface area contributed by atoms with Crippen LogP contribution in [0.15, 0.2) is 35.0 Å². The van der Waals surface area contributed by atoms with E-state index in [1.165, 1.54) is 37.6 Å². The Labute approximate surface area is 144 Å². The van der Waals surface area contributed by atoms with Crippen molar-refractivity contribution in [2.24, 2.45) is 0 Å². The highest BCUT2D eigenvalue weighted by Gasteiger charge is 2.32. The van der Waals surface area contributed by atoms with Crippen LogP contribution in [0.25, 0.3) is 0 Å². The molecule has 0 aliphatic heterocycles. The van der Waals surface area contributed by atoms with E-state index in [1.54, 1.807) is 0 Å². The first-order chi connectivity index (χ1) is 11.4. The molecule has 1 aromatic carbocycles. The number of sulfonamides is 1. The number of methoxy groups -OCH3 is 1. The van der Waals surface area contributed by atoms with Crippen LogP contribution < -0.4 is 3.82 Å². The molecule has 3 rings (SSSR count). The minimum Gasteiger partial charge on any atom is -0.367 e. The molecule has 0 bridgehead atoms. The van der Waals surface area contributed by atoms with Crippen LogP contribution in [0.3, 0.4) is 0 Å². The zero-order valence-electron chi connectivity index (χ0n) is 12.8. The molecule has 1 fully saturated rings. The van der Waals surface area contributed by atoms with Crippen LogP contribution >= 0.6 is 11.8 Å². The Morgan fingerprint density at radius 3 is 2.62 bits per heavy atom. The van der Waals surface area contributed by atoms with E-state index in [2.05, 4.69) is 9.89 Å². The summed E-state index contributed by atoms with van der Waals surface area (Å²) in [5.41, 5.74) is 1.07. The van der Waals surface area contributed by atoms with Gasteiger partial charge >= 0.3 is 0 Å². The van der Waals surface area contributed by atoms with Crippen LogP contribution in [0.5, 0.6) is 0 Å². The lowest BCUT2D eigenvalue weighted by atomic mass is 10.0. The van der Waals surface area contributed by atoms with Gasteiger partial charge in [0, 0.05) is 30.4 Å². The van der Waals surface area contributed by atoms with Crippen molar-refractivity contribution < 1.29 is 22.5 Å². The number of hydrogen-bond acceptors (Lipinski definition) is 6. The number of carbonyl (C=O) groups excluding carboxylic acids is 1. The molecule has 128 valence electrons. The molecule has 24 heavy (non-hydrogen) atoms. The number of rotatable bonds is 7. The fourth-order valence-electron chi connectivity index (χ4n) is 2.30. The summed E-state index contributed by atoms with van der Waals surface area (Å²) in [6.45, 7) is 0. The Hall–Kier alpha value is -1.90. The van der Waals surface area contributed by atoms with Gasteiger partial charge in [-0.1, -0.05) is 5.16 Å². The molecule has 1 saturated carbocycles. The van der Waals surface area contributed by atoms with Crippen LogP contribution in [0.1, 0.15) is 40.4 Å². The summed E-state index contributed by atoms with van der Waals surface area (Å²) in [6, 6.07) is 5.94. The van der Waals surface area contributed by atoms with Crippen molar-refractivity contribution in [2.45, 2.75) is 18.8 Å². The van der Waals surface area contributed by atoms with Crippen molar-refractivity contribution in [3.63, 3.8) is 0 Å². The highest BCUT2D eigenvalue weighted by molar-refractivity contribution is 7.93. The van der Waals surface area contributed by atoms with E-state index in [0.717, 1.165) is 12.8 Å². The Morgan fingerprint density at radius 2 is 2.04 bits per heavy atom. The Bertz CT molecular complexity index is 843. The molecule has 0 atom stereocenters. The molecule has 7 nitrogen and oxygen atoms in total. The molecular weight excluding hydrogens is 356 g/mol. The highest BCUT2D eigenvalue weighted by Crippen LogP contribution is 2.42. The molecule has 0 amide bonds. The van der Waals surface area contributed by atoms with E-state index in [0.29, 0.717) is 20.7 Å². The third-order valence-electron chi connectivity index (χ3n) is 3.63. The molecule has 1 aromatic heterocycles. The standard InChI is InChI=1S/C15H15ClN2O5S/c1-22-9-24(20,21)18(16)12-6-4-10(5-7-12)14(19)13-8-17-23-15(13)11-2-3-11/h4-8,11H,2-3,9H2,1H3. The maximum atomic E-state index is 12.6. The number of halogens is 1. The monoisotopic (exact) mass is 370 g/mol. The number of benzene rings is 1. The molecule has 9 heteroatoms. The smallest absolute Gasteiger partial charge is 0.273 e. The zero-order valence-corrected chi connectivity index (χ0v) is 14.4. The van der Waals surface area contributed by atoms with Crippen LogP contribution in [0, 0.1) is 0 Å². The van der Waals surface area contributed by atoms with Crippen molar-refractivity contribution in [3.8, 4) is 0 Å². The van der Waals surface area contributed by atoms with Gasteiger partial charge in [0.15, 0.2) is 17.5 Å². The third kappa shape index (κ3) is 3.31. The van der Waals surface area contributed by atoms with Gasteiger partial charge < -0.3 is 9.26 Å². The fourth-order valence-corrected chi connectivity index (χ4v) is 3.37. The van der Waals surface area contributed by atoms with Crippen LogP contribution in [0.2, 0.25) is 0 Å². The van der Waals surface area contributed by atoms with Crippen LogP contribution in [-0.2, 0) is 14.8 Å². The number of aromatic nitrogens is 1. The second kappa shape index (κ2) is 6.54. The fraction of sp³-hybridized carbons (Fsp3) is 0.333. The lowest BCUT2D eigenvalue weighted by molar-refractivity contribution is 0.103. The maximum Gasteiger partial charge on any atom is 0.273 e. The predicted octanol–water partition coefficient (Wildman–Crippen LogP) is 2.68. The molecule has 1 heterocycles. The summed E-state index contributed by atoms with van der Waals surface area (Å²) in [4.78, 5) is 12.6. The van der Waals surface area contributed by atoms with Gasteiger partial charge in [0.2, 0.25) is 0 Å². The normalized spacial score (nSPS) is 14.6. The first-order valence-electron chi connectivity index (χ1n) is 7.21. The zero-order chi connectivity index (χ0) is 17.3. The van der Waals surface area contributed by atoms with Gasteiger partial charge in [-0.3, -0.25) is 4.79 Å². The Kier molecular flexibility index (Phi) is 4.62. The van der Waals surface area contributed by atoms with E-state index in [-0.39, 0.29) is 17.4 Å². The summed E-state index contributed by atoms with van der Waals surface area (Å²) in [5, 5.41) is 3.71. The van der Waals surface area contributed by atoms with Crippen molar-refractivity contribution in [2.75, 3.05) is 16.9 Å². The van der Waals surface area contributed by atoms with E-state index >= 15 is 0 Å². The topological polar surface area (TPSA) is 89.7 Å². The summed E-state index contributed by atoms with van der Waals surface area (Å²) >= 11 is 5.84. The molecule has 0 radical (unpaired) electrons. The van der Waals surface area contributed by atoms with Gasteiger partial charge in [-0.25, -0.2) is 8.42 Å². The predicted molar refractivity (Wildman–Crippen MR) is 87.5 cm³/mol. The van der Waals surface area contributed by atoms with Crippen molar-refractivity contribution in [1.29, 1.82) is 0 Å². The van der Waals surface area contributed by atoms with E-state index in [9.17, 15) is 13.2 Å². The minimum atomic E-state index is -3.78. The van der Waals surface area contributed by atoms with Gasteiger partial charge in [-0.05, 0) is 37.1 Å². The average Bonchev–Trinajstić information content (AvgIpc) is 3.30. The largest absolute Gasteiger partial charge is 0.367 e. The van der Waals surface area contributed by atoms with E-state index in [4.69, 9.17) is 16.3 Å². The first-order valence-corrected chi connectivity index (χ1v) is 9.16. The summed E-state index contributed by atoms with van der Waals surface area (Å²) < 4.78 is 34.1. The van der Waals surface area contributed by atoms with E-state index in [1.807, 2.05) is 0 Å². The molecular formula is C15H15ClN2O5S. The van der Waals surface area contributed by atoms with Gasteiger partial charge in [-0.2, -0.15) is 3.82 Å². The second-order valence-corrected chi connectivity index (χ2v) is 7.79. The molecule has 0 N–H and O–H groups in total.